The number of amides is 1. The van der Waals surface area contributed by atoms with Crippen molar-refractivity contribution in [1.29, 1.82) is 0 Å². The van der Waals surface area contributed by atoms with Gasteiger partial charge in [0.2, 0.25) is 0 Å². The predicted molar refractivity (Wildman–Crippen MR) is 57.5 cm³/mol. The van der Waals surface area contributed by atoms with Gasteiger partial charge in [-0.1, -0.05) is 0 Å². The Labute approximate surface area is 97.0 Å². The molecule has 17 heavy (non-hydrogen) atoms. The molecule has 0 bridgehead atoms. The highest BCUT2D eigenvalue weighted by Gasteiger charge is 2.21. The standard InChI is InChI=1S/C10H11N5O2/c16-10(14-4-6-17-7-5-14)8-2-1-3-15-9(8)11-12-13-15/h1-3H,4-7H2. The van der Waals surface area contributed by atoms with Gasteiger partial charge in [0.15, 0.2) is 5.65 Å². The summed E-state index contributed by atoms with van der Waals surface area (Å²) in [5.41, 5.74) is 1.02. The lowest BCUT2D eigenvalue weighted by Crippen LogP contribution is -2.40. The van der Waals surface area contributed by atoms with Crippen LogP contribution >= 0.6 is 0 Å². The average molecular weight is 233 g/mol. The van der Waals surface area contributed by atoms with Crippen LogP contribution < -0.4 is 0 Å². The number of carbonyl (C=O) groups excluding carboxylic acids is 1. The summed E-state index contributed by atoms with van der Waals surface area (Å²) in [5, 5.41) is 11.2. The monoisotopic (exact) mass is 233 g/mol. The summed E-state index contributed by atoms with van der Waals surface area (Å²) in [6, 6.07) is 3.50. The van der Waals surface area contributed by atoms with E-state index in [1.807, 2.05) is 0 Å². The maximum Gasteiger partial charge on any atom is 0.257 e. The summed E-state index contributed by atoms with van der Waals surface area (Å²) in [7, 11) is 0. The number of hydrogen-bond acceptors (Lipinski definition) is 5. The highest BCUT2D eigenvalue weighted by molar-refractivity contribution is 5.99. The predicted octanol–water partition coefficient (Wildman–Crippen LogP) is -0.403. The van der Waals surface area contributed by atoms with E-state index in [9.17, 15) is 4.79 Å². The number of morpholine rings is 1. The number of fused-ring (bicyclic) bond motifs is 1. The molecule has 3 rings (SSSR count). The number of nitrogens with zero attached hydrogens (tertiary/aromatic N) is 5. The van der Waals surface area contributed by atoms with Gasteiger partial charge in [0.1, 0.15) is 0 Å². The smallest absolute Gasteiger partial charge is 0.257 e. The molecule has 2 aromatic heterocycles. The van der Waals surface area contributed by atoms with Crippen molar-refractivity contribution in [2.24, 2.45) is 0 Å². The minimum Gasteiger partial charge on any atom is -0.378 e. The van der Waals surface area contributed by atoms with Crippen molar-refractivity contribution in [1.82, 2.24) is 24.9 Å². The highest BCUT2D eigenvalue weighted by atomic mass is 16.5. The molecule has 1 fully saturated rings. The molecule has 1 amide bonds. The topological polar surface area (TPSA) is 72.6 Å². The number of tetrazole rings is 1. The number of hydrogen-bond donors (Lipinski definition) is 0. The van der Waals surface area contributed by atoms with Crippen molar-refractivity contribution in [3.63, 3.8) is 0 Å². The zero-order chi connectivity index (χ0) is 11.7. The largest absolute Gasteiger partial charge is 0.378 e. The van der Waals surface area contributed by atoms with Crippen molar-refractivity contribution < 1.29 is 9.53 Å². The van der Waals surface area contributed by atoms with E-state index in [1.165, 1.54) is 4.52 Å². The second-order valence-electron chi connectivity index (χ2n) is 3.77. The van der Waals surface area contributed by atoms with Crippen molar-refractivity contribution in [2.75, 3.05) is 26.3 Å². The molecule has 0 aliphatic carbocycles. The second kappa shape index (κ2) is 4.10. The molecule has 0 spiro atoms. The minimum absolute atomic E-state index is 0.0475. The van der Waals surface area contributed by atoms with E-state index in [4.69, 9.17) is 4.74 Å². The molecule has 7 heteroatoms. The highest BCUT2D eigenvalue weighted by Crippen LogP contribution is 2.11. The molecule has 3 heterocycles. The summed E-state index contributed by atoms with van der Waals surface area (Å²) in [6.45, 7) is 2.39. The fourth-order valence-electron chi connectivity index (χ4n) is 1.87. The summed E-state index contributed by atoms with van der Waals surface area (Å²) >= 11 is 0. The molecule has 0 atom stereocenters. The Kier molecular flexibility index (Phi) is 2.45. The third-order valence-electron chi connectivity index (χ3n) is 2.75. The van der Waals surface area contributed by atoms with Crippen molar-refractivity contribution in [2.45, 2.75) is 0 Å². The zero-order valence-corrected chi connectivity index (χ0v) is 9.11. The van der Waals surface area contributed by atoms with Crippen LogP contribution in [0.1, 0.15) is 10.4 Å². The van der Waals surface area contributed by atoms with Crippen LogP contribution in [0.25, 0.3) is 5.65 Å². The van der Waals surface area contributed by atoms with E-state index in [0.717, 1.165) is 0 Å². The first-order valence-corrected chi connectivity index (χ1v) is 5.40. The summed E-state index contributed by atoms with van der Waals surface area (Å²) in [6.07, 6.45) is 1.71. The van der Waals surface area contributed by atoms with Gasteiger partial charge >= 0.3 is 0 Å². The van der Waals surface area contributed by atoms with Crippen LogP contribution in [0.3, 0.4) is 0 Å². The molecule has 1 saturated heterocycles. The molecule has 2 aromatic rings. The van der Waals surface area contributed by atoms with Crippen LogP contribution in [-0.2, 0) is 4.74 Å². The van der Waals surface area contributed by atoms with Crippen molar-refractivity contribution in [3.8, 4) is 0 Å². The molecule has 1 aliphatic rings. The lowest BCUT2D eigenvalue weighted by Gasteiger charge is -2.26. The fourth-order valence-corrected chi connectivity index (χ4v) is 1.87. The van der Waals surface area contributed by atoms with E-state index in [2.05, 4.69) is 15.5 Å². The second-order valence-corrected chi connectivity index (χ2v) is 3.77. The van der Waals surface area contributed by atoms with Gasteiger partial charge < -0.3 is 9.64 Å². The van der Waals surface area contributed by atoms with Crippen LogP contribution in [0.2, 0.25) is 0 Å². The van der Waals surface area contributed by atoms with Gasteiger partial charge in [-0.05, 0) is 22.6 Å². The Morgan fingerprint density at radius 1 is 1.35 bits per heavy atom. The van der Waals surface area contributed by atoms with Crippen molar-refractivity contribution >= 4 is 11.6 Å². The van der Waals surface area contributed by atoms with Gasteiger partial charge in [-0.15, -0.1) is 5.10 Å². The first kappa shape index (κ1) is 10.2. The number of rotatable bonds is 1. The Hall–Kier alpha value is -2.02. The molecular formula is C10H11N5O2. The summed E-state index contributed by atoms with van der Waals surface area (Å²) in [4.78, 5) is 14.0. The van der Waals surface area contributed by atoms with E-state index < -0.39 is 0 Å². The van der Waals surface area contributed by atoms with Gasteiger partial charge in [-0.2, -0.15) is 4.52 Å². The summed E-state index contributed by atoms with van der Waals surface area (Å²) in [5.74, 6) is -0.0475. The fraction of sp³-hybridized carbons (Fsp3) is 0.400. The van der Waals surface area contributed by atoms with E-state index in [-0.39, 0.29) is 5.91 Å². The average Bonchev–Trinajstić information content (AvgIpc) is 2.87. The third-order valence-corrected chi connectivity index (χ3v) is 2.75. The number of pyridine rings is 1. The van der Waals surface area contributed by atoms with E-state index in [0.29, 0.717) is 37.5 Å². The Morgan fingerprint density at radius 2 is 2.18 bits per heavy atom. The zero-order valence-electron chi connectivity index (χ0n) is 9.11. The molecule has 0 N–H and O–H groups in total. The normalized spacial score (nSPS) is 16.4. The molecule has 0 unspecified atom stereocenters. The van der Waals surface area contributed by atoms with Crippen LogP contribution in [-0.4, -0.2) is 57.2 Å². The lowest BCUT2D eigenvalue weighted by molar-refractivity contribution is 0.0303. The molecule has 0 radical (unpaired) electrons. The van der Waals surface area contributed by atoms with Gasteiger partial charge in [-0.25, -0.2) is 0 Å². The maximum atomic E-state index is 12.3. The van der Waals surface area contributed by atoms with Gasteiger partial charge in [-0.3, -0.25) is 4.79 Å². The lowest BCUT2D eigenvalue weighted by atomic mass is 10.2. The van der Waals surface area contributed by atoms with Crippen LogP contribution in [0.4, 0.5) is 0 Å². The van der Waals surface area contributed by atoms with Gasteiger partial charge in [0, 0.05) is 19.3 Å². The number of aromatic nitrogens is 4. The Bertz CT molecular complexity index is 546. The van der Waals surface area contributed by atoms with Crippen LogP contribution in [0.15, 0.2) is 18.3 Å². The SMILES string of the molecule is O=C(c1cccn2nnnc12)N1CCOCC1. The minimum atomic E-state index is -0.0475. The molecule has 0 aromatic carbocycles. The molecule has 1 aliphatic heterocycles. The first-order chi connectivity index (χ1) is 8.36. The number of carbonyl (C=O) groups is 1. The first-order valence-electron chi connectivity index (χ1n) is 5.40. The maximum absolute atomic E-state index is 12.3. The molecule has 0 saturated carbocycles. The van der Waals surface area contributed by atoms with Gasteiger partial charge in [0.05, 0.1) is 18.8 Å². The quantitative estimate of drug-likeness (QED) is 0.670. The van der Waals surface area contributed by atoms with Gasteiger partial charge in [0.25, 0.3) is 5.91 Å². The Morgan fingerprint density at radius 3 is 3.00 bits per heavy atom. The Balaban J connectivity index is 1.97. The van der Waals surface area contributed by atoms with Crippen LogP contribution in [0.5, 0.6) is 0 Å². The molecule has 7 nitrogen and oxygen atoms in total. The molecular weight excluding hydrogens is 222 g/mol. The summed E-state index contributed by atoms with van der Waals surface area (Å²) < 4.78 is 6.71. The third kappa shape index (κ3) is 1.74. The van der Waals surface area contributed by atoms with Crippen molar-refractivity contribution in [3.05, 3.63) is 23.9 Å². The number of ether oxygens (including phenoxy) is 1. The van der Waals surface area contributed by atoms with Crippen LogP contribution in [0, 0.1) is 0 Å². The van der Waals surface area contributed by atoms with E-state index >= 15 is 0 Å². The molecule has 88 valence electrons. The van der Waals surface area contributed by atoms with E-state index in [1.54, 1.807) is 23.2 Å².